The summed E-state index contributed by atoms with van der Waals surface area (Å²) in [6.45, 7) is 6.34. The van der Waals surface area contributed by atoms with Gasteiger partial charge in [-0.2, -0.15) is 0 Å². The second-order valence-corrected chi connectivity index (χ2v) is 6.01. The lowest BCUT2D eigenvalue weighted by Gasteiger charge is -2.04. The fraction of sp³-hybridized carbons (Fsp3) is 0.941. The Balaban J connectivity index is 2.25. The predicted molar refractivity (Wildman–Crippen MR) is 83.3 cm³/mol. The van der Waals surface area contributed by atoms with E-state index >= 15 is 0 Å². The minimum Gasteiger partial charge on any atom is -0.367 e. The highest BCUT2D eigenvalue weighted by Crippen LogP contribution is 2.37. The molecule has 3 nitrogen and oxygen atoms in total. The van der Waals surface area contributed by atoms with Crippen LogP contribution in [0.5, 0.6) is 0 Å². The summed E-state index contributed by atoms with van der Waals surface area (Å²) in [6, 6.07) is 1.01. The molecule has 1 fully saturated rings. The number of hydrogen-bond donors (Lipinski definition) is 0. The zero-order valence-electron chi connectivity index (χ0n) is 13.7. The monoisotopic (exact) mass is 283 g/mol. The van der Waals surface area contributed by atoms with Crippen molar-refractivity contribution in [1.29, 1.82) is 0 Å². The summed E-state index contributed by atoms with van der Waals surface area (Å²) < 4.78 is 0. The molecule has 1 aliphatic heterocycles. The van der Waals surface area contributed by atoms with Gasteiger partial charge in [-0.25, -0.2) is 0 Å². The van der Waals surface area contributed by atoms with E-state index in [1.165, 1.54) is 64.2 Å². The number of hydroxylamine groups is 2. The van der Waals surface area contributed by atoms with E-state index in [4.69, 9.17) is 4.84 Å². The van der Waals surface area contributed by atoms with Gasteiger partial charge in [-0.15, -0.1) is 5.06 Å². The normalized spacial score (nSPS) is 24.6. The van der Waals surface area contributed by atoms with E-state index < -0.39 is 0 Å². The van der Waals surface area contributed by atoms with Gasteiger partial charge in [-0.3, -0.25) is 4.79 Å². The van der Waals surface area contributed by atoms with E-state index in [-0.39, 0.29) is 5.97 Å². The van der Waals surface area contributed by atoms with Gasteiger partial charge in [0.25, 0.3) is 0 Å². The minimum absolute atomic E-state index is 0.0837. The van der Waals surface area contributed by atoms with Crippen molar-refractivity contribution in [1.82, 2.24) is 5.06 Å². The van der Waals surface area contributed by atoms with Crippen molar-refractivity contribution < 1.29 is 9.63 Å². The molecule has 1 saturated heterocycles. The number of carbonyl (C=O) groups is 1. The SMILES string of the molecule is CCCCCCC1C(CCCCCC)N1OC(=O)CC. The minimum atomic E-state index is -0.0837. The van der Waals surface area contributed by atoms with Crippen LogP contribution in [0.4, 0.5) is 0 Å². The molecule has 0 bridgehead atoms. The molecule has 0 aromatic carbocycles. The summed E-state index contributed by atoms with van der Waals surface area (Å²) in [7, 11) is 0. The molecule has 0 saturated carbocycles. The molecule has 20 heavy (non-hydrogen) atoms. The Hall–Kier alpha value is -0.570. The second kappa shape index (κ2) is 10.2. The summed E-state index contributed by atoms with van der Waals surface area (Å²) in [5.41, 5.74) is 0. The van der Waals surface area contributed by atoms with Crippen LogP contribution in [0.15, 0.2) is 0 Å². The summed E-state index contributed by atoms with van der Waals surface area (Å²) in [5, 5.41) is 1.98. The Bertz CT molecular complexity index is 250. The van der Waals surface area contributed by atoms with Crippen LogP contribution in [0.3, 0.4) is 0 Å². The van der Waals surface area contributed by atoms with Gasteiger partial charge in [0.1, 0.15) is 0 Å². The number of unbranched alkanes of at least 4 members (excludes halogenated alkanes) is 6. The maximum absolute atomic E-state index is 11.4. The smallest absolute Gasteiger partial charge is 0.324 e. The van der Waals surface area contributed by atoms with Crippen LogP contribution in [-0.4, -0.2) is 23.1 Å². The molecule has 1 heterocycles. The molecule has 0 radical (unpaired) electrons. The molecule has 0 aromatic heterocycles. The third kappa shape index (κ3) is 6.25. The van der Waals surface area contributed by atoms with Gasteiger partial charge >= 0.3 is 5.97 Å². The molecular weight excluding hydrogens is 250 g/mol. The van der Waals surface area contributed by atoms with Crippen LogP contribution in [0.25, 0.3) is 0 Å². The third-order valence-electron chi connectivity index (χ3n) is 4.21. The zero-order chi connectivity index (χ0) is 14.8. The number of hydrogen-bond acceptors (Lipinski definition) is 3. The van der Waals surface area contributed by atoms with Gasteiger partial charge in [-0.05, 0) is 12.8 Å². The summed E-state index contributed by atoms with van der Waals surface area (Å²) in [5.74, 6) is -0.0837. The van der Waals surface area contributed by atoms with E-state index in [2.05, 4.69) is 13.8 Å². The quantitative estimate of drug-likeness (QED) is 0.379. The predicted octanol–water partition coefficient (Wildman–Crippen LogP) is 4.85. The van der Waals surface area contributed by atoms with Crippen LogP contribution < -0.4 is 0 Å². The van der Waals surface area contributed by atoms with E-state index in [9.17, 15) is 4.79 Å². The van der Waals surface area contributed by atoms with Gasteiger partial charge in [0, 0.05) is 6.42 Å². The van der Waals surface area contributed by atoms with Crippen molar-refractivity contribution in [2.45, 2.75) is 103 Å². The lowest BCUT2D eigenvalue weighted by molar-refractivity contribution is -0.169. The van der Waals surface area contributed by atoms with Crippen molar-refractivity contribution >= 4 is 5.97 Å². The van der Waals surface area contributed by atoms with Crippen molar-refractivity contribution in [2.24, 2.45) is 0 Å². The number of nitrogens with zero attached hydrogens (tertiary/aromatic N) is 1. The first-order valence-corrected chi connectivity index (χ1v) is 8.73. The molecule has 0 aliphatic carbocycles. The lowest BCUT2D eigenvalue weighted by atomic mass is 10.1. The van der Waals surface area contributed by atoms with Crippen LogP contribution in [0.1, 0.15) is 91.4 Å². The first kappa shape index (κ1) is 17.5. The number of rotatable bonds is 12. The first-order chi connectivity index (χ1) is 9.74. The lowest BCUT2D eigenvalue weighted by Crippen LogP contribution is -2.11. The molecule has 0 amide bonds. The Labute approximate surface area is 125 Å². The molecule has 1 aliphatic rings. The van der Waals surface area contributed by atoms with Crippen LogP contribution in [0.2, 0.25) is 0 Å². The third-order valence-corrected chi connectivity index (χ3v) is 4.21. The Morgan fingerprint density at radius 2 is 1.35 bits per heavy atom. The maximum Gasteiger partial charge on any atom is 0.324 e. The molecule has 3 heteroatoms. The second-order valence-electron chi connectivity index (χ2n) is 6.01. The molecular formula is C17H33NO2. The number of carbonyl (C=O) groups excluding carboxylic acids is 1. The van der Waals surface area contributed by atoms with Crippen molar-refractivity contribution in [3.63, 3.8) is 0 Å². The average molecular weight is 283 g/mol. The van der Waals surface area contributed by atoms with E-state index in [1.54, 1.807) is 0 Å². The van der Waals surface area contributed by atoms with E-state index in [0.717, 1.165) is 0 Å². The van der Waals surface area contributed by atoms with Gasteiger partial charge in [0.2, 0.25) is 0 Å². The maximum atomic E-state index is 11.4. The summed E-state index contributed by atoms with van der Waals surface area (Å²) >= 11 is 0. The molecule has 0 N–H and O–H groups in total. The molecule has 1 rings (SSSR count). The van der Waals surface area contributed by atoms with Gasteiger partial charge < -0.3 is 4.84 Å². The Morgan fingerprint density at radius 1 is 0.850 bits per heavy atom. The molecule has 0 spiro atoms. The standard InChI is InChI=1S/C17H33NO2/c1-4-7-9-11-13-15-16(14-12-10-8-5-2)18(15)20-17(19)6-3/h15-16H,4-14H2,1-3H3. The van der Waals surface area contributed by atoms with Crippen LogP contribution >= 0.6 is 0 Å². The largest absolute Gasteiger partial charge is 0.367 e. The molecule has 0 aromatic rings. The topological polar surface area (TPSA) is 29.3 Å². The molecule has 2 atom stereocenters. The van der Waals surface area contributed by atoms with Gasteiger partial charge in [0.05, 0.1) is 12.1 Å². The summed E-state index contributed by atoms with van der Waals surface area (Å²) in [6.07, 6.45) is 13.2. The van der Waals surface area contributed by atoms with Gasteiger partial charge in [0.15, 0.2) is 0 Å². The average Bonchev–Trinajstić information content (AvgIpc) is 3.11. The Kier molecular flexibility index (Phi) is 8.92. The fourth-order valence-corrected chi connectivity index (χ4v) is 2.83. The van der Waals surface area contributed by atoms with Crippen molar-refractivity contribution in [3.8, 4) is 0 Å². The van der Waals surface area contributed by atoms with Crippen molar-refractivity contribution in [3.05, 3.63) is 0 Å². The highest BCUT2D eigenvalue weighted by molar-refractivity contribution is 5.68. The fourth-order valence-electron chi connectivity index (χ4n) is 2.83. The first-order valence-electron chi connectivity index (χ1n) is 8.73. The highest BCUT2D eigenvalue weighted by Gasteiger charge is 2.49. The molecule has 118 valence electrons. The van der Waals surface area contributed by atoms with Crippen LogP contribution in [0, 0.1) is 0 Å². The van der Waals surface area contributed by atoms with Crippen LogP contribution in [-0.2, 0) is 9.63 Å². The van der Waals surface area contributed by atoms with Gasteiger partial charge in [-0.1, -0.05) is 72.1 Å². The molecule has 2 unspecified atom stereocenters. The van der Waals surface area contributed by atoms with E-state index in [0.29, 0.717) is 18.5 Å². The summed E-state index contributed by atoms with van der Waals surface area (Å²) in [4.78, 5) is 16.9. The zero-order valence-corrected chi connectivity index (χ0v) is 13.7. The van der Waals surface area contributed by atoms with E-state index in [1.807, 2.05) is 12.0 Å². The Morgan fingerprint density at radius 3 is 1.75 bits per heavy atom. The highest BCUT2D eigenvalue weighted by atomic mass is 16.7. The van der Waals surface area contributed by atoms with Crippen molar-refractivity contribution in [2.75, 3.05) is 0 Å².